The van der Waals surface area contributed by atoms with E-state index in [9.17, 15) is 9.18 Å². The third kappa shape index (κ3) is 1.92. The summed E-state index contributed by atoms with van der Waals surface area (Å²) in [6.45, 7) is 0. The van der Waals surface area contributed by atoms with Gasteiger partial charge in [-0.15, -0.1) is 0 Å². The van der Waals surface area contributed by atoms with Crippen molar-refractivity contribution >= 4 is 17.4 Å². The fraction of sp³-hybridized carbons (Fsp3) is 0. The number of carbonyl (C=O) groups excluding carboxylic acids is 1. The van der Waals surface area contributed by atoms with Crippen LogP contribution >= 0.6 is 11.6 Å². The number of halogens is 2. The number of hydrogen-bond acceptors (Lipinski definition) is 3. The first-order chi connectivity index (χ1) is 7.70. The molecule has 0 saturated heterocycles. The Bertz CT molecular complexity index is 531. The molecule has 0 aliphatic rings. The van der Waals surface area contributed by atoms with Gasteiger partial charge in [-0.1, -0.05) is 17.7 Å². The zero-order valence-corrected chi connectivity index (χ0v) is 8.78. The monoisotopic (exact) mass is 236 g/mol. The second kappa shape index (κ2) is 4.37. The third-order valence-corrected chi connectivity index (χ3v) is 2.40. The SMILES string of the molecule is O=C(c1cncnc1)c1cccc(F)c1Cl. The van der Waals surface area contributed by atoms with Gasteiger partial charge in [-0.05, 0) is 12.1 Å². The average molecular weight is 237 g/mol. The number of carbonyl (C=O) groups is 1. The first-order valence-electron chi connectivity index (χ1n) is 4.44. The van der Waals surface area contributed by atoms with Gasteiger partial charge in [-0.2, -0.15) is 0 Å². The normalized spacial score (nSPS) is 10.1. The maximum Gasteiger partial charge on any atom is 0.197 e. The largest absolute Gasteiger partial charge is 0.288 e. The molecule has 3 nitrogen and oxygen atoms in total. The predicted molar refractivity (Wildman–Crippen MR) is 56.9 cm³/mol. The van der Waals surface area contributed by atoms with Crippen LogP contribution in [0.2, 0.25) is 5.02 Å². The number of ketones is 1. The van der Waals surface area contributed by atoms with Crippen molar-refractivity contribution in [1.82, 2.24) is 9.97 Å². The van der Waals surface area contributed by atoms with Gasteiger partial charge < -0.3 is 0 Å². The summed E-state index contributed by atoms with van der Waals surface area (Å²) in [5.41, 5.74) is 0.381. The maximum atomic E-state index is 13.1. The molecule has 2 aromatic rings. The Morgan fingerprint density at radius 1 is 1.25 bits per heavy atom. The smallest absolute Gasteiger partial charge is 0.197 e. The van der Waals surface area contributed by atoms with Gasteiger partial charge in [-0.3, -0.25) is 4.79 Å². The van der Waals surface area contributed by atoms with E-state index in [0.717, 1.165) is 0 Å². The van der Waals surface area contributed by atoms with Crippen LogP contribution in [0.25, 0.3) is 0 Å². The molecule has 1 heterocycles. The van der Waals surface area contributed by atoms with E-state index in [1.165, 1.54) is 36.9 Å². The van der Waals surface area contributed by atoms with Crippen molar-refractivity contribution in [1.29, 1.82) is 0 Å². The zero-order valence-electron chi connectivity index (χ0n) is 8.02. The Labute approximate surface area is 95.9 Å². The molecule has 0 amide bonds. The topological polar surface area (TPSA) is 42.9 Å². The highest BCUT2D eigenvalue weighted by Crippen LogP contribution is 2.21. The van der Waals surface area contributed by atoms with Crippen molar-refractivity contribution in [2.24, 2.45) is 0 Å². The molecule has 0 bridgehead atoms. The lowest BCUT2D eigenvalue weighted by atomic mass is 10.1. The van der Waals surface area contributed by atoms with Gasteiger partial charge in [0.05, 0.1) is 10.6 Å². The third-order valence-electron chi connectivity index (χ3n) is 2.02. The lowest BCUT2D eigenvalue weighted by Crippen LogP contribution is -2.04. The second-order valence-corrected chi connectivity index (χ2v) is 3.44. The highest BCUT2D eigenvalue weighted by Gasteiger charge is 2.15. The summed E-state index contributed by atoms with van der Waals surface area (Å²) in [5.74, 6) is -1.02. The van der Waals surface area contributed by atoms with E-state index < -0.39 is 11.6 Å². The van der Waals surface area contributed by atoms with Gasteiger partial charge >= 0.3 is 0 Å². The van der Waals surface area contributed by atoms with Gasteiger partial charge in [0.25, 0.3) is 0 Å². The van der Waals surface area contributed by atoms with Crippen molar-refractivity contribution in [2.45, 2.75) is 0 Å². The molecule has 2 rings (SSSR count). The number of rotatable bonds is 2. The van der Waals surface area contributed by atoms with Crippen LogP contribution in [0.3, 0.4) is 0 Å². The lowest BCUT2D eigenvalue weighted by molar-refractivity contribution is 0.103. The number of nitrogens with zero attached hydrogens (tertiary/aromatic N) is 2. The molecular weight excluding hydrogens is 231 g/mol. The highest BCUT2D eigenvalue weighted by molar-refractivity contribution is 6.35. The fourth-order valence-corrected chi connectivity index (χ4v) is 1.46. The Morgan fingerprint density at radius 2 is 1.94 bits per heavy atom. The molecule has 80 valence electrons. The lowest BCUT2D eigenvalue weighted by Gasteiger charge is -2.03. The molecule has 0 aliphatic heterocycles. The molecule has 5 heteroatoms. The van der Waals surface area contributed by atoms with Crippen molar-refractivity contribution < 1.29 is 9.18 Å². The molecule has 0 saturated carbocycles. The highest BCUT2D eigenvalue weighted by atomic mass is 35.5. The number of hydrogen-bond donors (Lipinski definition) is 0. The molecule has 0 radical (unpaired) electrons. The molecule has 1 aromatic heterocycles. The van der Waals surface area contributed by atoms with E-state index in [1.54, 1.807) is 0 Å². The number of benzene rings is 1. The molecule has 0 aliphatic carbocycles. The molecule has 0 spiro atoms. The van der Waals surface area contributed by atoms with Crippen LogP contribution in [-0.2, 0) is 0 Å². The summed E-state index contributed by atoms with van der Waals surface area (Å²) in [5, 5.41) is -0.184. The van der Waals surface area contributed by atoms with E-state index in [2.05, 4.69) is 9.97 Å². The summed E-state index contributed by atoms with van der Waals surface area (Å²) in [7, 11) is 0. The van der Waals surface area contributed by atoms with E-state index in [4.69, 9.17) is 11.6 Å². The maximum absolute atomic E-state index is 13.1. The van der Waals surface area contributed by atoms with Crippen molar-refractivity contribution in [2.75, 3.05) is 0 Å². The molecule has 16 heavy (non-hydrogen) atoms. The Balaban J connectivity index is 2.46. The molecule has 0 fully saturated rings. The summed E-state index contributed by atoms with van der Waals surface area (Å²) in [6, 6.07) is 4.08. The van der Waals surface area contributed by atoms with Crippen LogP contribution in [0.15, 0.2) is 36.9 Å². The Morgan fingerprint density at radius 3 is 2.62 bits per heavy atom. The standard InChI is InChI=1S/C11H6ClFN2O/c12-10-8(2-1-3-9(10)13)11(16)7-4-14-6-15-5-7/h1-6H. The quantitative estimate of drug-likeness (QED) is 0.753. The fourth-order valence-electron chi connectivity index (χ4n) is 1.25. The van der Waals surface area contributed by atoms with Crippen LogP contribution < -0.4 is 0 Å². The minimum absolute atomic E-state index is 0.108. The summed E-state index contributed by atoms with van der Waals surface area (Å²) >= 11 is 5.70. The van der Waals surface area contributed by atoms with Crippen molar-refractivity contribution in [3.05, 3.63) is 58.9 Å². The molecule has 0 unspecified atom stereocenters. The van der Waals surface area contributed by atoms with Crippen LogP contribution in [-0.4, -0.2) is 15.8 Å². The molecule has 0 N–H and O–H groups in total. The van der Waals surface area contributed by atoms with Gasteiger partial charge in [-0.25, -0.2) is 14.4 Å². The van der Waals surface area contributed by atoms with Gasteiger partial charge in [0.15, 0.2) is 5.78 Å². The van der Waals surface area contributed by atoms with E-state index in [-0.39, 0.29) is 16.1 Å². The summed E-state index contributed by atoms with van der Waals surface area (Å²) in [4.78, 5) is 19.3. The first-order valence-corrected chi connectivity index (χ1v) is 4.81. The second-order valence-electron chi connectivity index (χ2n) is 3.06. The minimum atomic E-state index is -0.621. The predicted octanol–water partition coefficient (Wildman–Crippen LogP) is 2.50. The average Bonchev–Trinajstić information content (AvgIpc) is 2.33. The van der Waals surface area contributed by atoms with Crippen molar-refractivity contribution in [3.63, 3.8) is 0 Å². The van der Waals surface area contributed by atoms with Crippen molar-refractivity contribution in [3.8, 4) is 0 Å². The van der Waals surface area contributed by atoms with Gasteiger partial charge in [0, 0.05) is 18.0 Å². The van der Waals surface area contributed by atoms with Gasteiger partial charge in [0.1, 0.15) is 12.1 Å². The minimum Gasteiger partial charge on any atom is -0.288 e. The zero-order chi connectivity index (χ0) is 11.5. The Hall–Kier alpha value is -1.81. The first kappa shape index (κ1) is 10.7. The van der Waals surface area contributed by atoms with Crippen LogP contribution in [0.1, 0.15) is 15.9 Å². The Kier molecular flexibility index (Phi) is 2.92. The van der Waals surface area contributed by atoms with Gasteiger partial charge in [0.2, 0.25) is 0 Å². The van der Waals surface area contributed by atoms with Crippen LogP contribution in [0, 0.1) is 5.82 Å². The molecule has 1 aromatic carbocycles. The van der Waals surface area contributed by atoms with E-state index in [0.29, 0.717) is 0 Å². The number of aromatic nitrogens is 2. The van der Waals surface area contributed by atoms with E-state index >= 15 is 0 Å². The molecule has 0 atom stereocenters. The summed E-state index contributed by atoms with van der Waals surface area (Å²) < 4.78 is 13.1. The van der Waals surface area contributed by atoms with Crippen LogP contribution in [0.5, 0.6) is 0 Å². The summed E-state index contributed by atoms with van der Waals surface area (Å²) in [6.07, 6.45) is 4.02. The van der Waals surface area contributed by atoms with E-state index in [1.807, 2.05) is 0 Å². The van der Waals surface area contributed by atoms with Crippen LogP contribution in [0.4, 0.5) is 4.39 Å². The molecular formula is C11H6ClFN2O.